The molecule has 3 atom stereocenters. The number of benzene rings is 1. The van der Waals surface area contributed by atoms with Crippen molar-refractivity contribution in [3.05, 3.63) is 41.0 Å². The molecule has 0 spiro atoms. The average Bonchev–Trinajstić information content (AvgIpc) is 3.16. The Labute approximate surface area is 139 Å². The van der Waals surface area contributed by atoms with Gasteiger partial charge in [0.15, 0.2) is 0 Å². The highest BCUT2D eigenvalue weighted by Gasteiger charge is 2.28. The zero-order valence-corrected chi connectivity index (χ0v) is 14.1. The van der Waals surface area contributed by atoms with E-state index in [2.05, 4.69) is 27.8 Å². The van der Waals surface area contributed by atoms with E-state index >= 15 is 0 Å². The van der Waals surface area contributed by atoms with Crippen LogP contribution in [0.4, 0.5) is 0 Å². The summed E-state index contributed by atoms with van der Waals surface area (Å²) in [6.45, 7) is 4.46. The molecule has 0 aliphatic carbocycles. The van der Waals surface area contributed by atoms with Crippen LogP contribution in [0.1, 0.15) is 30.6 Å². The third-order valence-corrected chi connectivity index (χ3v) is 5.18. The van der Waals surface area contributed by atoms with Crippen molar-refractivity contribution < 1.29 is 9.90 Å². The highest BCUT2D eigenvalue weighted by atomic mass is 32.1. The predicted octanol–water partition coefficient (Wildman–Crippen LogP) is 2.02. The van der Waals surface area contributed by atoms with E-state index in [1.54, 1.807) is 11.3 Å². The van der Waals surface area contributed by atoms with Crippen molar-refractivity contribution in [2.75, 3.05) is 6.54 Å². The molecule has 1 unspecified atom stereocenters. The van der Waals surface area contributed by atoms with E-state index in [1.807, 2.05) is 31.5 Å². The van der Waals surface area contributed by atoms with Crippen LogP contribution < -0.4 is 10.6 Å². The summed E-state index contributed by atoms with van der Waals surface area (Å²) in [4.78, 5) is 17.6. The highest BCUT2D eigenvalue weighted by molar-refractivity contribution is 7.13. The molecular weight excluding hydrogens is 310 g/mol. The van der Waals surface area contributed by atoms with Gasteiger partial charge in [0.2, 0.25) is 5.91 Å². The number of carbonyl (C=O) groups excluding carboxylic acids is 1. The van der Waals surface area contributed by atoms with E-state index < -0.39 is 6.10 Å². The number of β-amino-alcohol motifs (C(OH)–C–C–N with tert-alkyl or cyclic N) is 1. The maximum absolute atomic E-state index is 12.2. The molecule has 1 saturated heterocycles. The summed E-state index contributed by atoms with van der Waals surface area (Å²) in [6.07, 6.45) is 0.0466. The smallest absolute Gasteiger partial charge is 0.237 e. The maximum atomic E-state index is 12.2. The number of carbonyl (C=O) groups is 1. The lowest BCUT2D eigenvalue weighted by Gasteiger charge is -2.18. The summed E-state index contributed by atoms with van der Waals surface area (Å²) in [5.41, 5.74) is 5.09. The quantitative estimate of drug-likeness (QED) is 0.801. The molecule has 0 bridgehead atoms. The number of aliphatic hydroxyl groups excluding tert-OH is 1. The number of aryl methyl sites for hydroxylation is 1. The fraction of sp³-hybridized carbons (Fsp3) is 0.412. The lowest BCUT2D eigenvalue weighted by Crippen LogP contribution is -2.41. The van der Waals surface area contributed by atoms with Crippen LogP contribution >= 0.6 is 11.3 Å². The summed E-state index contributed by atoms with van der Waals surface area (Å²) < 4.78 is 0. The molecule has 1 aliphatic rings. The van der Waals surface area contributed by atoms with Crippen LogP contribution in [0.3, 0.4) is 0 Å². The molecule has 2 heterocycles. The molecule has 5 nitrogen and oxygen atoms in total. The first-order valence-electron chi connectivity index (χ1n) is 7.77. The van der Waals surface area contributed by atoms with Crippen molar-refractivity contribution in [1.29, 1.82) is 0 Å². The third kappa shape index (κ3) is 3.60. The Bertz CT molecular complexity index is 683. The number of hydrogen-bond acceptors (Lipinski definition) is 5. The molecule has 122 valence electrons. The van der Waals surface area contributed by atoms with Crippen molar-refractivity contribution in [3.8, 4) is 10.4 Å². The van der Waals surface area contributed by atoms with Crippen LogP contribution in [0, 0.1) is 6.92 Å². The fourth-order valence-electron chi connectivity index (χ4n) is 2.82. The Hall–Kier alpha value is -1.76. The first kappa shape index (κ1) is 16.1. The Kier molecular flexibility index (Phi) is 4.75. The van der Waals surface area contributed by atoms with Gasteiger partial charge in [-0.15, -0.1) is 11.3 Å². The van der Waals surface area contributed by atoms with Gasteiger partial charge in [-0.25, -0.2) is 4.98 Å². The van der Waals surface area contributed by atoms with Crippen LogP contribution in [-0.4, -0.2) is 34.7 Å². The first-order chi connectivity index (χ1) is 11.0. The van der Waals surface area contributed by atoms with Crippen LogP contribution in [0.5, 0.6) is 0 Å². The number of aromatic nitrogens is 1. The van der Waals surface area contributed by atoms with Gasteiger partial charge < -0.3 is 15.7 Å². The molecule has 1 fully saturated rings. The second-order valence-electron chi connectivity index (χ2n) is 5.97. The fourth-order valence-corrected chi connectivity index (χ4v) is 3.63. The number of thiazole rings is 1. The van der Waals surface area contributed by atoms with Crippen LogP contribution in [-0.2, 0) is 4.79 Å². The van der Waals surface area contributed by atoms with Gasteiger partial charge in [0, 0.05) is 6.54 Å². The summed E-state index contributed by atoms with van der Waals surface area (Å²) >= 11 is 1.63. The molecule has 1 aromatic heterocycles. The second-order valence-corrected chi connectivity index (χ2v) is 6.82. The molecule has 0 saturated carbocycles. The lowest BCUT2D eigenvalue weighted by molar-refractivity contribution is -0.123. The number of aliphatic hydroxyl groups is 1. The molecule has 1 aromatic carbocycles. The zero-order valence-electron chi connectivity index (χ0n) is 13.2. The Morgan fingerprint density at radius 3 is 2.74 bits per heavy atom. The molecule has 6 heteroatoms. The minimum atomic E-state index is -0.428. The molecule has 3 rings (SSSR count). The minimum absolute atomic E-state index is 0.0589. The van der Waals surface area contributed by atoms with Crippen LogP contribution in [0.25, 0.3) is 10.4 Å². The SMILES string of the molecule is Cc1ncsc1-c1ccc(C(C)NC(=O)[C@@H]2C[C@@H](O)CN2)cc1. The molecule has 0 radical (unpaired) electrons. The van der Waals surface area contributed by atoms with Gasteiger partial charge in [0.25, 0.3) is 0 Å². The number of amides is 1. The Morgan fingerprint density at radius 2 is 2.17 bits per heavy atom. The monoisotopic (exact) mass is 331 g/mol. The zero-order chi connectivity index (χ0) is 16.4. The van der Waals surface area contributed by atoms with E-state index in [-0.39, 0.29) is 18.0 Å². The van der Waals surface area contributed by atoms with Gasteiger partial charge in [-0.1, -0.05) is 24.3 Å². The molecule has 23 heavy (non-hydrogen) atoms. The number of nitrogens with one attached hydrogen (secondary N) is 2. The summed E-state index contributed by atoms with van der Waals surface area (Å²) in [6, 6.07) is 7.84. The normalized spacial score (nSPS) is 22.0. The van der Waals surface area contributed by atoms with Crippen LogP contribution in [0.15, 0.2) is 29.8 Å². The largest absolute Gasteiger partial charge is 0.392 e. The predicted molar refractivity (Wildman–Crippen MR) is 91.3 cm³/mol. The van der Waals surface area contributed by atoms with Crippen molar-refractivity contribution in [2.24, 2.45) is 0 Å². The summed E-state index contributed by atoms with van der Waals surface area (Å²) in [7, 11) is 0. The van der Waals surface area contributed by atoms with Gasteiger partial charge in [-0.2, -0.15) is 0 Å². The number of hydrogen-bond donors (Lipinski definition) is 3. The van der Waals surface area contributed by atoms with E-state index in [1.165, 1.54) is 4.88 Å². The maximum Gasteiger partial charge on any atom is 0.237 e. The van der Waals surface area contributed by atoms with Gasteiger partial charge in [-0.3, -0.25) is 4.79 Å². The van der Waals surface area contributed by atoms with E-state index in [0.717, 1.165) is 16.8 Å². The minimum Gasteiger partial charge on any atom is -0.392 e. The van der Waals surface area contributed by atoms with Crippen molar-refractivity contribution in [2.45, 2.75) is 38.5 Å². The van der Waals surface area contributed by atoms with Gasteiger partial charge in [-0.05, 0) is 31.4 Å². The van der Waals surface area contributed by atoms with E-state index in [0.29, 0.717) is 13.0 Å². The van der Waals surface area contributed by atoms with Gasteiger partial charge >= 0.3 is 0 Å². The van der Waals surface area contributed by atoms with Crippen molar-refractivity contribution in [1.82, 2.24) is 15.6 Å². The van der Waals surface area contributed by atoms with Gasteiger partial charge in [0.1, 0.15) is 0 Å². The van der Waals surface area contributed by atoms with Gasteiger partial charge in [0.05, 0.1) is 34.3 Å². The Balaban J connectivity index is 1.65. The number of nitrogens with zero attached hydrogens (tertiary/aromatic N) is 1. The van der Waals surface area contributed by atoms with Crippen LogP contribution in [0.2, 0.25) is 0 Å². The molecule has 1 amide bonds. The standard InChI is InChI=1S/C17H21N3O2S/c1-10(20-17(22)15-7-14(21)8-18-15)12-3-5-13(6-4-12)16-11(2)19-9-23-16/h3-6,9-10,14-15,18,21H,7-8H2,1-2H3,(H,20,22)/t10?,14-,15+/m1/s1. The topological polar surface area (TPSA) is 74.2 Å². The summed E-state index contributed by atoms with van der Waals surface area (Å²) in [5.74, 6) is -0.0589. The van der Waals surface area contributed by atoms with Crippen molar-refractivity contribution in [3.63, 3.8) is 0 Å². The Morgan fingerprint density at radius 1 is 1.43 bits per heavy atom. The summed E-state index contributed by atoms with van der Waals surface area (Å²) in [5, 5.41) is 15.5. The third-order valence-electron chi connectivity index (χ3n) is 4.20. The highest BCUT2D eigenvalue weighted by Crippen LogP contribution is 2.28. The second kappa shape index (κ2) is 6.78. The lowest BCUT2D eigenvalue weighted by atomic mass is 10.0. The first-order valence-corrected chi connectivity index (χ1v) is 8.65. The molecule has 3 N–H and O–H groups in total. The molecule has 1 aliphatic heterocycles. The van der Waals surface area contributed by atoms with E-state index in [4.69, 9.17) is 0 Å². The van der Waals surface area contributed by atoms with E-state index in [9.17, 15) is 9.90 Å². The van der Waals surface area contributed by atoms with Crippen molar-refractivity contribution >= 4 is 17.2 Å². The molecule has 2 aromatic rings. The average molecular weight is 331 g/mol. The number of rotatable bonds is 4. The molecular formula is C17H21N3O2S.